The first-order valence-electron chi connectivity index (χ1n) is 13.7. The van der Waals surface area contributed by atoms with Crippen molar-refractivity contribution in [2.45, 2.75) is 34.2 Å². The fourth-order valence-corrected chi connectivity index (χ4v) is 5.96. The Kier molecular flexibility index (Phi) is 8.04. The molecule has 0 saturated heterocycles. The van der Waals surface area contributed by atoms with Gasteiger partial charge in [-0.1, -0.05) is 32.0 Å². The third kappa shape index (κ3) is 5.79. The Labute approximate surface area is 239 Å². The smallest absolute Gasteiger partial charge is 0.238 e. The zero-order valence-electron chi connectivity index (χ0n) is 23.6. The Morgan fingerprint density at radius 1 is 1.07 bits per heavy atom. The van der Waals surface area contributed by atoms with E-state index in [0.717, 1.165) is 35.9 Å². The van der Waals surface area contributed by atoms with Gasteiger partial charge in [0, 0.05) is 47.9 Å². The molecule has 5 rings (SSSR count). The van der Waals surface area contributed by atoms with Gasteiger partial charge in [-0.25, -0.2) is 22.4 Å². The lowest BCUT2D eigenvalue weighted by Crippen LogP contribution is -2.27. The number of nitrogens with zero attached hydrogens (tertiary/aromatic N) is 6. The summed E-state index contributed by atoms with van der Waals surface area (Å²) in [6.45, 7) is 10.8. The fourth-order valence-electron chi connectivity index (χ4n) is 4.96. The van der Waals surface area contributed by atoms with Crippen LogP contribution in [-0.4, -0.2) is 68.3 Å². The second-order valence-corrected chi connectivity index (χ2v) is 11.8. The van der Waals surface area contributed by atoms with Crippen LogP contribution in [0.25, 0.3) is 33.1 Å². The third-order valence-electron chi connectivity index (χ3n) is 7.10. The van der Waals surface area contributed by atoms with E-state index in [4.69, 9.17) is 4.98 Å². The van der Waals surface area contributed by atoms with Crippen molar-refractivity contribution in [2.24, 2.45) is 0 Å². The molecule has 0 spiro atoms. The summed E-state index contributed by atoms with van der Waals surface area (Å²) < 4.78 is 28.8. The van der Waals surface area contributed by atoms with Crippen LogP contribution in [0.4, 0.5) is 17.3 Å². The Morgan fingerprint density at radius 3 is 2.59 bits per heavy atom. The molecular weight excluding hydrogens is 540 g/mol. The second-order valence-electron chi connectivity index (χ2n) is 9.68. The molecule has 0 aliphatic heterocycles. The minimum absolute atomic E-state index is 0.0210. The SMILES string of the molecule is CCN(CC)CCn1ncc2cc(Nc3nccc(-c4cn(S(=O)(=O)CC)c5ccccc45)n3)cc(NC(C)=O)c21. The molecule has 41 heavy (non-hydrogen) atoms. The van der Waals surface area contributed by atoms with Crippen LogP contribution in [0.5, 0.6) is 0 Å². The number of para-hydroxylation sites is 1. The summed E-state index contributed by atoms with van der Waals surface area (Å²) in [4.78, 5) is 23.5. The molecule has 5 aromatic rings. The summed E-state index contributed by atoms with van der Waals surface area (Å²) in [5.74, 6) is 0.128. The molecule has 12 heteroatoms. The number of fused-ring (bicyclic) bond motifs is 2. The van der Waals surface area contributed by atoms with Gasteiger partial charge in [-0.3, -0.25) is 9.48 Å². The lowest BCUT2D eigenvalue weighted by molar-refractivity contribution is -0.114. The van der Waals surface area contributed by atoms with Crippen LogP contribution in [0.2, 0.25) is 0 Å². The Balaban J connectivity index is 1.50. The van der Waals surface area contributed by atoms with Crippen molar-refractivity contribution in [1.29, 1.82) is 0 Å². The molecule has 0 bridgehead atoms. The number of benzene rings is 2. The summed E-state index contributed by atoms with van der Waals surface area (Å²) in [6, 6.07) is 12.9. The molecule has 3 aromatic heterocycles. The number of aromatic nitrogens is 5. The normalized spacial score (nSPS) is 11.9. The lowest BCUT2D eigenvalue weighted by atomic mass is 10.1. The van der Waals surface area contributed by atoms with Gasteiger partial charge in [0.25, 0.3) is 0 Å². The molecule has 0 aliphatic rings. The number of carbonyl (C=O) groups excluding carboxylic acids is 1. The standard InChI is InChI=1S/C29H34N8O3S/c1-5-35(6-2)14-15-36-28-21(18-31-36)16-22(17-26(28)32-20(4)38)33-29-30-13-12-25(34-29)24-19-37(41(39,40)7-3)27-11-9-8-10-23(24)27/h8-13,16-19H,5-7,14-15H2,1-4H3,(H,32,38)(H,30,33,34). The minimum atomic E-state index is -3.50. The number of hydrogen-bond donors (Lipinski definition) is 2. The average Bonchev–Trinajstić information content (AvgIpc) is 3.56. The zero-order valence-corrected chi connectivity index (χ0v) is 24.4. The van der Waals surface area contributed by atoms with E-state index in [1.54, 1.807) is 37.6 Å². The van der Waals surface area contributed by atoms with Crippen molar-refractivity contribution < 1.29 is 13.2 Å². The quantitative estimate of drug-likeness (QED) is 0.233. The molecule has 0 unspecified atom stereocenters. The molecule has 0 fully saturated rings. The number of carbonyl (C=O) groups is 1. The molecule has 0 radical (unpaired) electrons. The Bertz CT molecular complexity index is 1820. The number of hydrogen-bond acceptors (Lipinski definition) is 8. The summed E-state index contributed by atoms with van der Waals surface area (Å²) in [6.07, 6.45) is 5.03. The van der Waals surface area contributed by atoms with Crippen LogP contribution in [0.1, 0.15) is 27.7 Å². The van der Waals surface area contributed by atoms with Crippen LogP contribution in [-0.2, 0) is 21.4 Å². The molecule has 214 valence electrons. The monoisotopic (exact) mass is 574 g/mol. The highest BCUT2D eigenvalue weighted by Gasteiger charge is 2.19. The number of anilines is 3. The third-order valence-corrected chi connectivity index (χ3v) is 8.73. The van der Waals surface area contributed by atoms with Gasteiger partial charge in [0.1, 0.15) is 0 Å². The van der Waals surface area contributed by atoms with E-state index in [9.17, 15) is 13.2 Å². The van der Waals surface area contributed by atoms with Crippen molar-refractivity contribution in [3.05, 3.63) is 61.1 Å². The first-order valence-corrected chi connectivity index (χ1v) is 15.3. The van der Waals surface area contributed by atoms with Gasteiger partial charge in [-0.05, 0) is 44.3 Å². The molecule has 1 amide bonds. The predicted octanol–water partition coefficient (Wildman–Crippen LogP) is 4.69. The highest BCUT2D eigenvalue weighted by Crippen LogP contribution is 2.33. The molecule has 11 nitrogen and oxygen atoms in total. The van der Waals surface area contributed by atoms with Gasteiger partial charge < -0.3 is 15.5 Å². The first kappa shape index (κ1) is 28.2. The fraction of sp³-hybridized carbons (Fsp3) is 0.310. The summed E-state index contributed by atoms with van der Waals surface area (Å²) >= 11 is 0. The zero-order chi connectivity index (χ0) is 29.1. The highest BCUT2D eigenvalue weighted by molar-refractivity contribution is 7.90. The molecule has 0 aliphatic carbocycles. The maximum atomic E-state index is 12.8. The number of amides is 1. The summed E-state index contributed by atoms with van der Waals surface area (Å²) in [7, 11) is -3.50. The summed E-state index contributed by atoms with van der Waals surface area (Å²) in [5.41, 5.74) is 4.03. The molecule has 2 N–H and O–H groups in total. The number of likely N-dealkylation sites (N-methyl/N-ethyl adjacent to an activating group) is 1. The van der Waals surface area contributed by atoms with Crippen molar-refractivity contribution in [3.63, 3.8) is 0 Å². The van der Waals surface area contributed by atoms with Crippen molar-refractivity contribution >= 4 is 55.1 Å². The van der Waals surface area contributed by atoms with Crippen LogP contribution in [0, 0.1) is 0 Å². The molecule has 0 atom stereocenters. The topological polar surface area (TPSA) is 127 Å². The predicted molar refractivity (Wildman–Crippen MR) is 163 cm³/mol. The van der Waals surface area contributed by atoms with E-state index in [-0.39, 0.29) is 11.7 Å². The van der Waals surface area contributed by atoms with Gasteiger partial charge in [0.05, 0.1) is 40.9 Å². The van der Waals surface area contributed by atoms with Gasteiger partial charge in [0.15, 0.2) is 0 Å². The number of rotatable bonds is 11. The van der Waals surface area contributed by atoms with E-state index < -0.39 is 10.0 Å². The Morgan fingerprint density at radius 2 is 1.85 bits per heavy atom. The van der Waals surface area contributed by atoms with Crippen LogP contribution in [0.3, 0.4) is 0 Å². The van der Waals surface area contributed by atoms with E-state index in [0.29, 0.717) is 40.6 Å². The van der Waals surface area contributed by atoms with Crippen molar-refractivity contribution in [3.8, 4) is 11.3 Å². The molecule has 2 aromatic carbocycles. The summed E-state index contributed by atoms with van der Waals surface area (Å²) in [5, 5.41) is 12.4. The average molecular weight is 575 g/mol. The number of nitrogens with one attached hydrogen (secondary N) is 2. The van der Waals surface area contributed by atoms with E-state index in [1.807, 2.05) is 35.0 Å². The van der Waals surface area contributed by atoms with Gasteiger partial charge >= 0.3 is 0 Å². The van der Waals surface area contributed by atoms with Crippen LogP contribution >= 0.6 is 0 Å². The second kappa shape index (κ2) is 11.7. The Hall–Kier alpha value is -4.29. The van der Waals surface area contributed by atoms with E-state index >= 15 is 0 Å². The maximum Gasteiger partial charge on any atom is 0.238 e. The molecular formula is C29H34N8O3S. The van der Waals surface area contributed by atoms with Crippen LogP contribution in [0.15, 0.2) is 61.1 Å². The van der Waals surface area contributed by atoms with Crippen LogP contribution < -0.4 is 10.6 Å². The molecule has 0 saturated carbocycles. The van der Waals surface area contributed by atoms with Gasteiger partial charge in [-0.2, -0.15) is 5.10 Å². The van der Waals surface area contributed by atoms with Gasteiger partial charge in [0.2, 0.25) is 21.9 Å². The highest BCUT2D eigenvalue weighted by atomic mass is 32.2. The van der Waals surface area contributed by atoms with Crippen molar-refractivity contribution in [2.75, 3.05) is 36.0 Å². The van der Waals surface area contributed by atoms with E-state index in [2.05, 4.69) is 39.5 Å². The van der Waals surface area contributed by atoms with E-state index in [1.165, 1.54) is 10.9 Å². The largest absolute Gasteiger partial charge is 0.324 e. The van der Waals surface area contributed by atoms with Gasteiger partial charge in [-0.15, -0.1) is 0 Å². The van der Waals surface area contributed by atoms with Crippen molar-refractivity contribution in [1.82, 2.24) is 28.6 Å². The minimum Gasteiger partial charge on any atom is -0.324 e. The first-order chi connectivity index (χ1) is 19.7. The molecule has 3 heterocycles. The maximum absolute atomic E-state index is 12.8. The lowest BCUT2D eigenvalue weighted by Gasteiger charge is -2.18.